The minimum atomic E-state index is 0.198. The van der Waals surface area contributed by atoms with E-state index < -0.39 is 0 Å². The maximum Gasteiger partial charge on any atom is 0.0516 e. The normalized spacial score (nSPS) is 33.2. The Morgan fingerprint density at radius 1 is 0.750 bits per heavy atom. The van der Waals surface area contributed by atoms with Gasteiger partial charge in [-0.3, -0.25) is 0 Å². The minimum Gasteiger partial charge on any atom is -0.118 e. The first-order valence-electron chi connectivity index (χ1n) is 4.75. The first-order valence-corrected chi connectivity index (χ1v) is 5.63. The largest absolute Gasteiger partial charge is 0.118 e. The number of hydrogen-bond acceptors (Lipinski definition) is 0. The molecule has 1 aliphatic carbocycles. The second kappa shape index (κ2) is 5.88. The van der Waals surface area contributed by atoms with Crippen molar-refractivity contribution in [2.75, 3.05) is 0 Å². The van der Waals surface area contributed by atoms with Crippen LogP contribution in [0.5, 0.6) is 0 Å². The molecule has 0 spiro atoms. The molecule has 0 heterocycles. The van der Waals surface area contributed by atoms with E-state index in [4.69, 9.17) is 23.2 Å². The van der Waals surface area contributed by atoms with Crippen LogP contribution in [-0.2, 0) is 0 Å². The van der Waals surface area contributed by atoms with Crippen LogP contribution in [0.2, 0.25) is 0 Å². The van der Waals surface area contributed by atoms with Crippen LogP contribution < -0.4 is 0 Å². The Morgan fingerprint density at radius 2 is 1.17 bits per heavy atom. The monoisotopic (exact) mass is 206 g/mol. The molecule has 0 nitrogen and oxygen atoms in total. The third kappa shape index (κ3) is 4.37. The van der Waals surface area contributed by atoms with Crippen molar-refractivity contribution in [3.63, 3.8) is 0 Å². The van der Waals surface area contributed by atoms with E-state index in [-0.39, 0.29) is 10.8 Å². The zero-order valence-corrected chi connectivity index (χ0v) is 8.82. The van der Waals surface area contributed by atoms with E-state index in [2.05, 4.69) is 0 Å². The highest BCUT2D eigenvalue weighted by Crippen LogP contribution is 2.18. The molecule has 2 heteroatoms. The summed E-state index contributed by atoms with van der Waals surface area (Å²) in [5.74, 6) is 0. The van der Waals surface area contributed by atoms with Gasteiger partial charge in [-0.15, -0.1) is 23.2 Å². The molecule has 0 aliphatic heterocycles. The van der Waals surface area contributed by atoms with E-state index in [1.165, 1.54) is 25.7 Å². The van der Waals surface area contributed by atoms with E-state index in [1.54, 1.807) is 0 Å². The summed E-state index contributed by atoms with van der Waals surface area (Å²) in [6.45, 7) is 0. The molecule has 0 aromatic rings. The molecule has 0 aromatic heterocycles. The van der Waals surface area contributed by atoms with Crippen molar-refractivity contribution in [2.24, 2.45) is 0 Å². The van der Waals surface area contributed by atoms with Crippen LogP contribution in [0.3, 0.4) is 0 Å². The highest BCUT2D eigenvalue weighted by atomic mass is 35.5. The van der Waals surface area contributed by atoms with Crippen LogP contribution in [0, 0.1) is 0 Å². The summed E-state index contributed by atoms with van der Waals surface area (Å²) in [6.07, 6.45) is 11.4. The van der Waals surface area contributed by atoms with Crippen molar-refractivity contribution in [3.05, 3.63) is 12.2 Å². The average molecular weight is 207 g/mol. The summed E-state index contributed by atoms with van der Waals surface area (Å²) in [6, 6.07) is 0. The molecule has 1 aliphatic rings. The Balaban J connectivity index is 2.38. The molecule has 0 saturated heterocycles. The van der Waals surface area contributed by atoms with Gasteiger partial charge in [0.25, 0.3) is 0 Å². The quantitative estimate of drug-likeness (QED) is 0.414. The van der Waals surface area contributed by atoms with Gasteiger partial charge in [-0.1, -0.05) is 37.8 Å². The maximum atomic E-state index is 6.04. The third-order valence-electron chi connectivity index (χ3n) is 2.24. The van der Waals surface area contributed by atoms with Crippen molar-refractivity contribution in [1.29, 1.82) is 0 Å². The predicted octanol–water partition coefficient (Wildman–Crippen LogP) is 4.11. The van der Waals surface area contributed by atoms with Gasteiger partial charge in [-0.25, -0.2) is 0 Å². The predicted molar refractivity (Wildman–Crippen MR) is 56.1 cm³/mol. The Labute approximate surface area is 84.9 Å². The molecule has 0 saturated carbocycles. The van der Waals surface area contributed by atoms with Gasteiger partial charge in [0.15, 0.2) is 0 Å². The number of allylic oxidation sites excluding steroid dienone is 2. The average Bonchev–Trinajstić information content (AvgIpc) is 2.07. The Bertz CT molecular complexity index is 127. The van der Waals surface area contributed by atoms with Gasteiger partial charge < -0.3 is 0 Å². The van der Waals surface area contributed by atoms with E-state index in [1.807, 2.05) is 12.2 Å². The summed E-state index contributed by atoms with van der Waals surface area (Å²) in [4.78, 5) is 0. The smallest absolute Gasteiger partial charge is 0.0516 e. The van der Waals surface area contributed by atoms with Crippen molar-refractivity contribution < 1.29 is 0 Å². The lowest BCUT2D eigenvalue weighted by Crippen LogP contribution is -2.00. The highest BCUT2D eigenvalue weighted by Gasteiger charge is 2.05. The molecular weight excluding hydrogens is 191 g/mol. The SMILES string of the molecule is ClC1C=CC(Cl)CCCCCC1. The van der Waals surface area contributed by atoms with Gasteiger partial charge in [0.1, 0.15) is 0 Å². The molecule has 0 bridgehead atoms. The summed E-state index contributed by atoms with van der Waals surface area (Å²) >= 11 is 12.1. The topological polar surface area (TPSA) is 0 Å². The van der Waals surface area contributed by atoms with Crippen LogP contribution in [0.25, 0.3) is 0 Å². The molecule has 70 valence electrons. The second-order valence-corrected chi connectivity index (χ2v) is 4.53. The number of alkyl halides is 2. The van der Waals surface area contributed by atoms with Crippen LogP contribution >= 0.6 is 23.2 Å². The molecule has 0 fully saturated rings. The van der Waals surface area contributed by atoms with Crippen molar-refractivity contribution in [1.82, 2.24) is 0 Å². The molecule has 0 N–H and O–H groups in total. The Kier molecular flexibility index (Phi) is 5.10. The lowest BCUT2D eigenvalue weighted by Gasteiger charge is -2.09. The van der Waals surface area contributed by atoms with Crippen molar-refractivity contribution in [3.8, 4) is 0 Å². The molecule has 0 amide bonds. The zero-order chi connectivity index (χ0) is 8.81. The zero-order valence-electron chi connectivity index (χ0n) is 7.31. The summed E-state index contributed by atoms with van der Waals surface area (Å²) in [5.41, 5.74) is 0. The highest BCUT2D eigenvalue weighted by molar-refractivity contribution is 6.23. The van der Waals surface area contributed by atoms with Crippen LogP contribution in [0.1, 0.15) is 38.5 Å². The Morgan fingerprint density at radius 3 is 1.58 bits per heavy atom. The van der Waals surface area contributed by atoms with Crippen LogP contribution in [0.4, 0.5) is 0 Å². The number of hydrogen-bond donors (Lipinski definition) is 0. The molecule has 0 aromatic carbocycles. The number of rotatable bonds is 0. The maximum absolute atomic E-state index is 6.04. The molecular formula is C10H16Cl2. The molecule has 1 rings (SSSR count). The molecule has 2 atom stereocenters. The van der Waals surface area contributed by atoms with Crippen molar-refractivity contribution >= 4 is 23.2 Å². The van der Waals surface area contributed by atoms with Gasteiger partial charge in [0, 0.05) is 0 Å². The fraction of sp³-hybridized carbons (Fsp3) is 0.800. The first kappa shape index (κ1) is 10.4. The summed E-state index contributed by atoms with van der Waals surface area (Å²) < 4.78 is 0. The fourth-order valence-electron chi connectivity index (χ4n) is 1.47. The lowest BCUT2D eigenvalue weighted by atomic mass is 10.0. The van der Waals surface area contributed by atoms with E-state index >= 15 is 0 Å². The van der Waals surface area contributed by atoms with Crippen LogP contribution in [0.15, 0.2) is 12.2 Å². The Hall–Kier alpha value is 0.320. The van der Waals surface area contributed by atoms with E-state index in [0.29, 0.717) is 0 Å². The third-order valence-corrected chi connectivity index (χ3v) is 2.97. The van der Waals surface area contributed by atoms with Crippen molar-refractivity contribution in [2.45, 2.75) is 49.3 Å². The molecule has 0 radical (unpaired) electrons. The fourth-order valence-corrected chi connectivity index (χ4v) is 1.94. The van der Waals surface area contributed by atoms with Gasteiger partial charge in [-0.05, 0) is 12.8 Å². The minimum absolute atomic E-state index is 0.198. The first-order chi connectivity index (χ1) is 5.79. The number of halogens is 2. The lowest BCUT2D eigenvalue weighted by molar-refractivity contribution is 0.596. The van der Waals surface area contributed by atoms with Gasteiger partial charge in [0.05, 0.1) is 10.8 Å². The van der Waals surface area contributed by atoms with Gasteiger partial charge >= 0.3 is 0 Å². The molecule has 2 unspecified atom stereocenters. The summed E-state index contributed by atoms with van der Waals surface area (Å²) in [5, 5.41) is 0.397. The van der Waals surface area contributed by atoms with Crippen LogP contribution in [-0.4, -0.2) is 10.8 Å². The standard InChI is InChI=1S/C10H16Cl2/c11-9-5-3-1-2-4-6-10(12)8-7-9/h7-10H,1-6H2. The van der Waals surface area contributed by atoms with Gasteiger partial charge in [0.2, 0.25) is 0 Å². The summed E-state index contributed by atoms with van der Waals surface area (Å²) in [7, 11) is 0. The van der Waals surface area contributed by atoms with E-state index in [9.17, 15) is 0 Å². The molecule has 12 heavy (non-hydrogen) atoms. The second-order valence-electron chi connectivity index (χ2n) is 3.41. The van der Waals surface area contributed by atoms with E-state index in [0.717, 1.165) is 12.8 Å². The van der Waals surface area contributed by atoms with Gasteiger partial charge in [-0.2, -0.15) is 0 Å².